The molecule has 1 aromatic heterocycles. The second-order valence-electron chi connectivity index (χ2n) is 5.15. The lowest BCUT2D eigenvalue weighted by atomic mass is 10.1. The van der Waals surface area contributed by atoms with Crippen molar-refractivity contribution in [2.75, 3.05) is 31.1 Å². The Labute approximate surface area is 143 Å². The highest BCUT2D eigenvalue weighted by atomic mass is 32.1. The molecule has 0 atom stereocenters. The summed E-state index contributed by atoms with van der Waals surface area (Å²) in [6.07, 6.45) is 1.77. The largest absolute Gasteiger partial charge is 0.345 e. The fourth-order valence-electron chi connectivity index (χ4n) is 2.37. The van der Waals surface area contributed by atoms with Gasteiger partial charge in [0.05, 0.1) is 5.56 Å². The molecule has 1 aliphatic heterocycles. The van der Waals surface area contributed by atoms with Crippen LogP contribution in [0.15, 0.2) is 29.8 Å². The van der Waals surface area contributed by atoms with E-state index in [1.165, 1.54) is 18.2 Å². The Morgan fingerprint density at radius 2 is 2.08 bits per heavy atom. The van der Waals surface area contributed by atoms with Crippen molar-refractivity contribution in [2.24, 2.45) is 0 Å². The maximum atomic E-state index is 13.3. The molecule has 5 nitrogen and oxygen atoms in total. The second-order valence-corrected chi connectivity index (χ2v) is 6.02. The van der Waals surface area contributed by atoms with Crippen molar-refractivity contribution in [3.05, 3.63) is 46.7 Å². The van der Waals surface area contributed by atoms with Gasteiger partial charge in [-0.05, 0) is 18.2 Å². The number of nitriles is 1. The Kier molecular flexibility index (Phi) is 4.74. The zero-order valence-electron chi connectivity index (χ0n) is 12.7. The van der Waals surface area contributed by atoms with Gasteiger partial charge in [0.25, 0.3) is 5.91 Å². The molecule has 0 spiro atoms. The standard InChI is InChI=1S/C17H13FN4OS/c18-15-3-1-13(11-14(15)12-19)2-4-16(23)21-6-8-22(9-7-21)17-20-5-10-24-17/h1,3,5,10-11H,6-9H2. The minimum atomic E-state index is -0.590. The molecule has 1 aliphatic rings. The van der Waals surface area contributed by atoms with E-state index in [9.17, 15) is 9.18 Å². The first kappa shape index (κ1) is 16.0. The minimum Gasteiger partial charge on any atom is -0.345 e. The van der Waals surface area contributed by atoms with Gasteiger partial charge in [0.15, 0.2) is 5.13 Å². The van der Waals surface area contributed by atoms with Crippen LogP contribution in [0.5, 0.6) is 0 Å². The van der Waals surface area contributed by atoms with Crippen LogP contribution in [-0.4, -0.2) is 42.0 Å². The summed E-state index contributed by atoms with van der Waals surface area (Å²) in [6.45, 7) is 2.60. The van der Waals surface area contributed by atoms with Crippen molar-refractivity contribution in [1.82, 2.24) is 9.88 Å². The maximum Gasteiger partial charge on any atom is 0.298 e. The number of halogens is 1. The molecule has 2 aromatic rings. The number of thiazole rings is 1. The van der Waals surface area contributed by atoms with Crippen molar-refractivity contribution < 1.29 is 9.18 Å². The second kappa shape index (κ2) is 7.12. The van der Waals surface area contributed by atoms with Crippen LogP contribution in [0.25, 0.3) is 0 Å². The predicted molar refractivity (Wildman–Crippen MR) is 88.9 cm³/mol. The Morgan fingerprint density at radius 3 is 2.75 bits per heavy atom. The van der Waals surface area contributed by atoms with Gasteiger partial charge < -0.3 is 9.80 Å². The quantitative estimate of drug-likeness (QED) is 0.744. The fraction of sp³-hybridized carbons (Fsp3) is 0.235. The van der Waals surface area contributed by atoms with Crippen molar-refractivity contribution in [3.8, 4) is 17.9 Å². The van der Waals surface area contributed by atoms with Crippen molar-refractivity contribution in [1.29, 1.82) is 5.26 Å². The van der Waals surface area contributed by atoms with E-state index in [4.69, 9.17) is 5.26 Å². The summed E-state index contributed by atoms with van der Waals surface area (Å²) in [5, 5.41) is 11.7. The molecule has 0 aliphatic carbocycles. The van der Waals surface area contributed by atoms with Gasteiger partial charge in [0, 0.05) is 49.2 Å². The molecule has 1 saturated heterocycles. The summed E-state index contributed by atoms with van der Waals surface area (Å²) >= 11 is 1.58. The van der Waals surface area contributed by atoms with Crippen molar-refractivity contribution in [2.45, 2.75) is 0 Å². The lowest BCUT2D eigenvalue weighted by Gasteiger charge is -2.33. The molecule has 1 aromatic carbocycles. The highest BCUT2D eigenvalue weighted by molar-refractivity contribution is 7.13. The summed E-state index contributed by atoms with van der Waals surface area (Å²) < 4.78 is 13.3. The van der Waals surface area contributed by atoms with Gasteiger partial charge in [-0.1, -0.05) is 5.92 Å². The molecule has 7 heteroatoms. The summed E-state index contributed by atoms with van der Waals surface area (Å²) in [4.78, 5) is 20.3. The summed E-state index contributed by atoms with van der Waals surface area (Å²) in [5.74, 6) is 4.41. The van der Waals surface area contributed by atoms with Crippen LogP contribution < -0.4 is 4.90 Å². The molecule has 3 rings (SSSR count). The van der Waals surface area contributed by atoms with Gasteiger partial charge in [-0.15, -0.1) is 11.3 Å². The zero-order chi connectivity index (χ0) is 16.9. The molecular formula is C17H13FN4OS. The van der Waals surface area contributed by atoms with Gasteiger partial charge >= 0.3 is 0 Å². The number of hydrogen-bond donors (Lipinski definition) is 0. The van der Waals surface area contributed by atoms with Crippen LogP contribution in [0.1, 0.15) is 11.1 Å². The number of hydrogen-bond acceptors (Lipinski definition) is 5. The number of piperazine rings is 1. The molecular weight excluding hydrogens is 327 g/mol. The molecule has 120 valence electrons. The van der Waals surface area contributed by atoms with E-state index < -0.39 is 5.82 Å². The van der Waals surface area contributed by atoms with Crippen LogP contribution in [0.4, 0.5) is 9.52 Å². The highest BCUT2D eigenvalue weighted by Crippen LogP contribution is 2.18. The first-order valence-corrected chi connectivity index (χ1v) is 8.20. The smallest absolute Gasteiger partial charge is 0.298 e. The van der Waals surface area contributed by atoms with Crippen molar-refractivity contribution >= 4 is 22.4 Å². The van der Waals surface area contributed by atoms with Gasteiger partial charge in [0.1, 0.15) is 11.9 Å². The summed E-state index contributed by atoms with van der Waals surface area (Å²) in [7, 11) is 0. The van der Waals surface area contributed by atoms with E-state index in [1.807, 2.05) is 5.38 Å². The Balaban J connectivity index is 1.62. The molecule has 24 heavy (non-hydrogen) atoms. The third-order valence-electron chi connectivity index (χ3n) is 3.66. The predicted octanol–water partition coefficient (Wildman–Crippen LogP) is 1.85. The summed E-state index contributed by atoms with van der Waals surface area (Å²) in [5.41, 5.74) is 0.369. The number of benzene rings is 1. The molecule has 0 radical (unpaired) electrons. The fourth-order valence-corrected chi connectivity index (χ4v) is 3.06. The number of amides is 1. The van der Waals surface area contributed by atoms with E-state index in [-0.39, 0.29) is 11.5 Å². The molecule has 0 unspecified atom stereocenters. The van der Waals surface area contributed by atoms with E-state index >= 15 is 0 Å². The van der Waals surface area contributed by atoms with Crippen LogP contribution in [0.2, 0.25) is 0 Å². The third-order valence-corrected chi connectivity index (χ3v) is 4.49. The van der Waals surface area contributed by atoms with Crippen LogP contribution >= 0.6 is 11.3 Å². The first-order valence-electron chi connectivity index (χ1n) is 7.32. The number of aromatic nitrogens is 1. The Bertz CT molecular complexity index is 840. The number of carbonyl (C=O) groups is 1. The van der Waals surface area contributed by atoms with Crippen LogP contribution in [-0.2, 0) is 4.79 Å². The molecule has 1 amide bonds. The highest BCUT2D eigenvalue weighted by Gasteiger charge is 2.21. The number of rotatable bonds is 1. The summed E-state index contributed by atoms with van der Waals surface area (Å²) in [6, 6.07) is 5.74. The van der Waals surface area contributed by atoms with Crippen molar-refractivity contribution in [3.63, 3.8) is 0 Å². The van der Waals surface area contributed by atoms with E-state index in [0.29, 0.717) is 18.7 Å². The Hall–Kier alpha value is -2.90. The lowest BCUT2D eigenvalue weighted by molar-refractivity contribution is -0.125. The monoisotopic (exact) mass is 340 g/mol. The van der Waals surface area contributed by atoms with Gasteiger partial charge in [-0.2, -0.15) is 5.26 Å². The maximum absolute atomic E-state index is 13.3. The normalized spacial score (nSPS) is 13.8. The molecule has 0 N–H and O–H groups in total. The van der Waals surface area contributed by atoms with Crippen LogP contribution in [0.3, 0.4) is 0 Å². The molecule has 0 bridgehead atoms. The average molecular weight is 340 g/mol. The topological polar surface area (TPSA) is 60.2 Å². The zero-order valence-corrected chi connectivity index (χ0v) is 13.5. The SMILES string of the molecule is N#Cc1cc(C#CC(=O)N2CCN(c3nccs3)CC2)ccc1F. The van der Waals surface area contributed by atoms with Gasteiger partial charge in [-0.25, -0.2) is 9.37 Å². The van der Waals surface area contributed by atoms with E-state index in [1.54, 1.807) is 28.5 Å². The average Bonchev–Trinajstić information content (AvgIpc) is 3.15. The lowest BCUT2D eigenvalue weighted by Crippen LogP contribution is -2.48. The number of carbonyl (C=O) groups excluding carboxylic acids is 1. The van der Waals surface area contributed by atoms with Gasteiger partial charge in [-0.3, -0.25) is 4.79 Å². The van der Waals surface area contributed by atoms with E-state index in [0.717, 1.165) is 18.2 Å². The Morgan fingerprint density at radius 1 is 1.29 bits per heavy atom. The molecule has 0 saturated carbocycles. The first-order chi connectivity index (χ1) is 11.7. The van der Waals surface area contributed by atoms with E-state index in [2.05, 4.69) is 21.7 Å². The van der Waals surface area contributed by atoms with Crippen LogP contribution in [0, 0.1) is 29.0 Å². The minimum absolute atomic E-state index is 0.0775. The molecule has 2 heterocycles. The van der Waals surface area contributed by atoms with Gasteiger partial charge in [0.2, 0.25) is 0 Å². The number of nitrogens with zero attached hydrogens (tertiary/aromatic N) is 4. The third kappa shape index (κ3) is 3.53. The number of anilines is 1. The molecule has 1 fully saturated rings.